The van der Waals surface area contributed by atoms with E-state index in [0.29, 0.717) is 0 Å². The number of carbonyl (C=O) groups excluding carboxylic acids is 2. The lowest BCUT2D eigenvalue weighted by atomic mass is 10.2. The zero-order valence-corrected chi connectivity index (χ0v) is 13.5. The van der Waals surface area contributed by atoms with Crippen LogP contribution in [0.3, 0.4) is 0 Å². The van der Waals surface area contributed by atoms with Crippen LogP contribution in [0, 0.1) is 0 Å². The van der Waals surface area contributed by atoms with E-state index in [9.17, 15) is 14.4 Å². The van der Waals surface area contributed by atoms with Gasteiger partial charge in [0.15, 0.2) is 5.69 Å². The standard InChI is InChI=1S/C13H18N2O6S/c1-13(2,3)21-12(19)15-7(5-9(16)20-4)10-14-8(6-22-10)11(17)18/h6-7H,5H2,1-4H3,(H,15,19)(H,17,18)/t7-/m0/s1. The molecule has 0 radical (unpaired) electrons. The summed E-state index contributed by atoms with van der Waals surface area (Å²) in [7, 11) is 1.22. The first kappa shape index (κ1) is 17.9. The van der Waals surface area contributed by atoms with E-state index in [2.05, 4.69) is 15.0 Å². The van der Waals surface area contributed by atoms with Gasteiger partial charge < -0.3 is 19.9 Å². The molecule has 0 fully saturated rings. The lowest BCUT2D eigenvalue weighted by molar-refractivity contribution is -0.141. The first-order chi connectivity index (χ1) is 10.1. The predicted molar refractivity (Wildman–Crippen MR) is 77.8 cm³/mol. The number of thiazole rings is 1. The Hall–Kier alpha value is -2.16. The number of aromatic nitrogens is 1. The number of carboxylic acids is 1. The van der Waals surface area contributed by atoms with Crippen molar-refractivity contribution in [3.8, 4) is 0 Å². The molecule has 0 aliphatic heterocycles. The third-order valence-corrected chi connectivity index (χ3v) is 3.29. The van der Waals surface area contributed by atoms with Gasteiger partial charge in [-0.2, -0.15) is 0 Å². The minimum atomic E-state index is -1.18. The summed E-state index contributed by atoms with van der Waals surface area (Å²) in [5.41, 5.74) is -0.851. The Morgan fingerprint density at radius 1 is 1.41 bits per heavy atom. The van der Waals surface area contributed by atoms with Crippen molar-refractivity contribution in [2.75, 3.05) is 7.11 Å². The fourth-order valence-corrected chi connectivity index (χ4v) is 2.29. The zero-order chi connectivity index (χ0) is 16.9. The van der Waals surface area contributed by atoms with Gasteiger partial charge in [0, 0.05) is 5.38 Å². The molecule has 0 saturated carbocycles. The maximum atomic E-state index is 11.8. The fourth-order valence-electron chi connectivity index (χ4n) is 1.45. The van der Waals surface area contributed by atoms with E-state index in [1.54, 1.807) is 20.8 Å². The molecule has 1 atom stereocenters. The van der Waals surface area contributed by atoms with Crippen LogP contribution in [-0.4, -0.2) is 40.8 Å². The van der Waals surface area contributed by atoms with Crippen LogP contribution >= 0.6 is 11.3 Å². The normalized spacial score (nSPS) is 12.4. The highest BCUT2D eigenvalue weighted by molar-refractivity contribution is 7.09. The Labute approximate surface area is 131 Å². The number of hydrogen-bond donors (Lipinski definition) is 2. The highest BCUT2D eigenvalue weighted by atomic mass is 32.1. The topological polar surface area (TPSA) is 115 Å². The van der Waals surface area contributed by atoms with Crippen LogP contribution in [0.5, 0.6) is 0 Å². The average Bonchev–Trinajstić information content (AvgIpc) is 2.85. The van der Waals surface area contributed by atoms with Gasteiger partial charge in [-0.25, -0.2) is 14.6 Å². The number of carbonyl (C=O) groups is 3. The summed E-state index contributed by atoms with van der Waals surface area (Å²) in [6, 6.07) is -0.819. The number of rotatable bonds is 5. The van der Waals surface area contributed by atoms with E-state index in [-0.39, 0.29) is 17.1 Å². The Morgan fingerprint density at radius 3 is 2.50 bits per heavy atom. The smallest absolute Gasteiger partial charge is 0.408 e. The lowest BCUT2D eigenvalue weighted by Gasteiger charge is -2.22. The number of nitrogens with one attached hydrogen (secondary N) is 1. The number of amides is 1. The van der Waals surface area contributed by atoms with Crippen LogP contribution in [0.2, 0.25) is 0 Å². The molecule has 2 N–H and O–H groups in total. The molecule has 1 amide bonds. The van der Waals surface area contributed by atoms with Gasteiger partial charge in [-0.05, 0) is 20.8 Å². The van der Waals surface area contributed by atoms with Gasteiger partial charge in [-0.15, -0.1) is 11.3 Å². The molecule has 1 rings (SSSR count). The average molecular weight is 330 g/mol. The molecule has 1 heterocycles. The maximum Gasteiger partial charge on any atom is 0.408 e. The Kier molecular flexibility index (Phi) is 5.86. The SMILES string of the molecule is COC(=O)C[C@H](NC(=O)OC(C)(C)C)c1nc(C(=O)O)cs1. The van der Waals surface area contributed by atoms with Crippen LogP contribution in [0.1, 0.15) is 48.7 Å². The number of ether oxygens (including phenoxy) is 2. The molecule has 22 heavy (non-hydrogen) atoms. The van der Waals surface area contributed by atoms with Crippen LogP contribution in [0.4, 0.5) is 4.79 Å². The zero-order valence-electron chi connectivity index (χ0n) is 12.7. The third kappa shape index (κ3) is 5.68. The van der Waals surface area contributed by atoms with Crippen molar-refractivity contribution in [2.24, 2.45) is 0 Å². The molecule has 122 valence electrons. The molecule has 0 aliphatic rings. The van der Waals surface area contributed by atoms with Gasteiger partial charge in [0.05, 0.1) is 19.6 Å². The van der Waals surface area contributed by atoms with Crippen molar-refractivity contribution >= 4 is 29.4 Å². The van der Waals surface area contributed by atoms with E-state index in [1.165, 1.54) is 12.5 Å². The minimum absolute atomic E-state index is 0.152. The summed E-state index contributed by atoms with van der Waals surface area (Å²) in [6.07, 6.45) is -0.907. The molecule has 0 aliphatic carbocycles. The van der Waals surface area contributed by atoms with Gasteiger partial charge in [-0.1, -0.05) is 0 Å². The Morgan fingerprint density at radius 2 is 2.05 bits per heavy atom. The minimum Gasteiger partial charge on any atom is -0.476 e. The summed E-state index contributed by atoms with van der Waals surface area (Å²) in [5, 5.41) is 13.0. The van der Waals surface area contributed by atoms with Gasteiger partial charge in [-0.3, -0.25) is 4.79 Å². The first-order valence-corrected chi connectivity index (χ1v) is 7.25. The van der Waals surface area contributed by atoms with Gasteiger partial charge >= 0.3 is 18.0 Å². The van der Waals surface area contributed by atoms with Gasteiger partial charge in [0.2, 0.25) is 0 Å². The monoisotopic (exact) mass is 330 g/mol. The Bertz CT molecular complexity index is 563. The van der Waals surface area contributed by atoms with Crippen molar-refractivity contribution in [3.63, 3.8) is 0 Å². The number of esters is 1. The third-order valence-electron chi connectivity index (χ3n) is 2.33. The molecule has 1 aromatic heterocycles. The summed E-state index contributed by atoms with van der Waals surface area (Å²) < 4.78 is 9.69. The van der Waals surface area contributed by atoms with Crippen molar-refractivity contribution in [3.05, 3.63) is 16.1 Å². The van der Waals surface area contributed by atoms with Crippen LogP contribution in [-0.2, 0) is 14.3 Å². The largest absolute Gasteiger partial charge is 0.476 e. The van der Waals surface area contributed by atoms with E-state index in [4.69, 9.17) is 9.84 Å². The number of methoxy groups -OCH3 is 1. The van der Waals surface area contributed by atoms with Crippen LogP contribution < -0.4 is 5.32 Å². The summed E-state index contributed by atoms with van der Waals surface area (Å²) in [5.74, 6) is -1.75. The highest BCUT2D eigenvalue weighted by Crippen LogP contribution is 2.22. The summed E-state index contributed by atoms with van der Waals surface area (Å²) >= 11 is 1.03. The van der Waals surface area contributed by atoms with E-state index < -0.39 is 29.7 Å². The van der Waals surface area contributed by atoms with E-state index in [1.807, 2.05) is 0 Å². The summed E-state index contributed by atoms with van der Waals surface area (Å²) in [6.45, 7) is 5.11. The van der Waals surface area contributed by atoms with Crippen molar-refractivity contribution in [1.29, 1.82) is 0 Å². The van der Waals surface area contributed by atoms with Crippen molar-refractivity contribution in [2.45, 2.75) is 38.8 Å². The Balaban J connectivity index is 2.90. The van der Waals surface area contributed by atoms with Crippen molar-refractivity contribution < 1.29 is 29.0 Å². The number of hydrogen-bond acceptors (Lipinski definition) is 7. The second-order valence-corrected chi connectivity index (χ2v) is 6.24. The molecule has 0 unspecified atom stereocenters. The van der Waals surface area contributed by atoms with Crippen LogP contribution in [0.25, 0.3) is 0 Å². The molecule has 0 saturated heterocycles. The first-order valence-electron chi connectivity index (χ1n) is 6.37. The molecular formula is C13H18N2O6S. The van der Waals surface area contributed by atoms with Gasteiger partial charge in [0.25, 0.3) is 0 Å². The maximum absolute atomic E-state index is 11.8. The lowest BCUT2D eigenvalue weighted by Crippen LogP contribution is -2.36. The van der Waals surface area contributed by atoms with Gasteiger partial charge in [0.1, 0.15) is 10.6 Å². The number of carboxylic acid groups (broad SMARTS) is 1. The molecular weight excluding hydrogens is 312 g/mol. The molecule has 1 aromatic rings. The molecule has 9 heteroatoms. The molecule has 0 bridgehead atoms. The quantitative estimate of drug-likeness (QED) is 0.793. The predicted octanol–water partition coefficient (Wildman–Crippen LogP) is 1.97. The number of nitrogens with zero attached hydrogens (tertiary/aromatic N) is 1. The van der Waals surface area contributed by atoms with E-state index in [0.717, 1.165) is 11.3 Å². The molecule has 8 nitrogen and oxygen atoms in total. The molecule has 0 aromatic carbocycles. The molecule has 0 spiro atoms. The highest BCUT2D eigenvalue weighted by Gasteiger charge is 2.25. The fraction of sp³-hybridized carbons (Fsp3) is 0.538. The second-order valence-electron chi connectivity index (χ2n) is 5.36. The van der Waals surface area contributed by atoms with Crippen LogP contribution in [0.15, 0.2) is 5.38 Å². The van der Waals surface area contributed by atoms with E-state index >= 15 is 0 Å². The second kappa shape index (κ2) is 7.21. The summed E-state index contributed by atoms with van der Waals surface area (Å²) in [4.78, 5) is 38.0. The number of alkyl carbamates (subject to hydrolysis) is 1. The van der Waals surface area contributed by atoms with Crippen molar-refractivity contribution in [1.82, 2.24) is 10.3 Å². The number of aromatic carboxylic acids is 1.